The lowest BCUT2D eigenvalue weighted by molar-refractivity contribution is -0.140. The maximum atomic E-state index is 14.2. The first-order valence-corrected chi connectivity index (χ1v) is 13.2. The van der Waals surface area contributed by atoms with Crippen LogP contribution in [0.3, 0.4) is 0 Å². The number of hydrogen-bond donors (Lipinski definition) is 1. The first kappa shape index (κ1) is 27.3. The number of carbonyl (C=O) groups excluding carboxylic acids is 2. The molecular weight excluding hydrogens is 457 g/mol. The lowest BCUT2D eigenvalue weighted by Gasteiger charge is -2.30. The molecule has 2 rings (SSSR count). The number of nitrogens with zero attached hydrogens (tertiary/aromatic N) is 2. The number of rotatable bonds is 12. The van der Waals surface area contributed by atoms with Gasteiger partial charge in [0.1, 0.15) is 11.9 Å². The van der Waals surface area contributed by atoms with Gasteiger partial charge in [0.2, 0.25) is 21.8 Å². The van der Waals surface area contributed by atoms with Crippen LogP contribution in [-0.2, 0) is 26.2 Å². The third-order valence-electron chi connectivity index (χ3n) is 5.59. The van der Waals surface area contributed by atoms with Crippen LogP contribution < -0.4 is 9.62 Å². The van der Waals surface area contributed by atoms with Gasteiger partial charge in [0.15, 0.2) is 0 Å². The molecule has 0 radical (unpaired) electrons. The third kappa shape index (κ3) is 7.55. The summed E-state index contributed by atoms with van der Waals surface area (Å²) >= 11 is 0. The average molecular weight is 492 g/mol. The number of anilines is 1. The highest BCUT2D eigenvalue weighted by atomic mass is 32.2. The van der Waals surface area contributed by atoms with Crippen LogP contribution in [-0.4, -0.2) is 50.5 Å². The maximum Gasteiger partial charge on any atom is 0.242 e. The second-order valence-corrected chi connectivity index (χ2v) is 10.2. The number of benzene rings is 2. The van der Waals surface area contributed by atoms with Crippen LogP contribution in [0, 0.1) is 12.7 Å². The Bertz CT molecular complexity index is 1090. The number of hydrogen-bond acceptors (Lipinski definition) is 4. The number of aryl methyl sites for hydroxylation is 1. The molecular formula is C25H34FN3O4S. The fraction of sp³-hybridized carbons (Fsp3) is 0.440. The van der Waals surface area contributed by atoms with E-state index in [1.807, 2.05) is 38.1 Å². The van der Waals surface area contributed by atoms with E-state index in [4.69, 9.17) is 0 Å². The van der Waals surface area contributed by atoms with E-state index in [1.54, 1.807) is 13.0 Å². The molecule has 2 amide bonds. The summed E-state index contributed by atoms with van der Waals surface area (Å²) in [7, 11) is -3.75. The summed E-state index contributed by atoms with van der Waals surface area (Å²) in [6, 6.07) is 12.6. The first-order valence-electron chi connectivity index (χ1n) is 11.4. The smallest absolute Gasteiger partial charge is 0.242 e. The highest BCUT2D eigenvalue weighted by Gasteiger charge is 2.27. The number of amides is 2. The van der Waals surface area contributed by atoms with Crippen molar-refractivity contribution in [3.05, 3.63) is 65.5 Å². The Morgan fingerprint density at radius 2 is 1.74 bits per heavy atom. The molecule has 9 heteroatoms. The number of halogens is 1. The Morgan fingerprint density at radius 1 is 1.09 bits per heavy atom. The Morgan fingerprint density at radius 3 is 2.35 bits per heavy atom. The molecule has 0 bridgehead atoms. The van der Waals surface area contributed by atoms with Gasteiger partial charge in [-0.3, -0.25) is 13.9 Å². The summed E-state index contributed by atoms with van der Waals surface area (Å²) < 4.78 is 39.8. The van der Waals surface area contributed by atoms with Crippen LogP contribution in [0.4, 0.5) is 10.1 Å². The quantitative estimate of drug-likeness (QED) is 0.491. The van der Waals surface area contributed by atoms with E-state index in [-0.39, 0.29) is 43.4 Å². The van der Waals surface area contributed by atoms with Crippen molar-refractivity contribution in [1.29, 1.82) is 0 Å². The fourth-order valence-electron chi connectivity index (χ4n) is 3.59. The first-order chi connectivity index (χ1) is 16.1. The van der Waals surface area contributed by atoms with E-state index in [0.717, 1.165) is 28.1 Å². The van der Waals surface area contributed by atoms with Crippen LogP contribution >= 0.6 is 0 Å². The van der Waals surface area contributed by atoms with Crippen molar-refractivity contribution in [1.82, 2.24) is 10.2 Å². The predicted octanol–water partition coefficient (Wildman–Crippen LogP) is 3.62. The zero-order valence-corrected chi connectivity index (χ0v) is 21.1. The summed E-state index contributed by atoms with van der Waals surface area (Å²) in [6.45, 7) is 6.29. The Hall–Kier alpha value is -2.94. The maximum absolute atomic E-state index is 14.2. The van der Waals surface area contributed by atoms with Crippen LogP contribution in [0.5, 0.6) is 0 Å². The normalized spacial score (nSPS) is 12.1. The molecule has 2 aromatic carbocycles. The molecule has 0 spiro atoms. The Kier molecular flexibility index (Phi) is 10.0. The molecule has 0 saturated heterocycles. The number of nitrogens with one attached hydrogen (secondary N) is 1. The van der Waals surface area contributed by atoms with Gasteiger partial charge in [-0.15, -0.1) is 0 Å². The number of para-hydroxylation sites is 1. The zero-order chi connectivity index (χ0) is 25.3. The largest absolute Gasteiger partial charge is 0.354 e. The van der Waals surface area contributed by atoms with Crippen molar-refractivity contribution < 1.29 is 22.4 Å². The Labute approximate surface area is 202 Å². The molecule has 1 N–H and O–H groups in total. The van der Waals surface area contributed by atoms with Gasteiger partial charge in [-0.1, -0.05) is 43.3 Å². The molecule has 0 aliphatic rings. The molecule has 0 aliphatic heterocycles. The van der Waals surface area contributed by atoms with Gasteiger partial charge < -0.3 is 10.2 Å². The minimum absolute atomic E-state index is 0.0117. The van der Waals surface area contributed by atoms with Crippen LogP contribution in [0.15, 0.2) is 48.5 Å². The van der Waals surface area contributed by atoms with E-state index < -0.39 is 21.9 Å². The lowest BCUT2D eigenvalue weighted by atomic mass is 10.1. The SMILES string of the molecule is CCCNC(=O)C(C)N(Cc1ccccc1C)C(=O)CCCN(c1ccccc1F)S(C)(=O)=O. The van der Waals surface area contributed by atoms with Gasteiger partial charge >= 0.3 is 0 Å². The fourth-order valence-corrected chi connectivity index (χ4v) is 4.55. The molecule has 0 fully saturated rings. The van der Waals surface area contributed by atoms with E-state index in [9.17, 15) is 22.4 Å². The zero-order valence-electron chi connectivity index (χ0n) is 20.3. The van der Waals surface area contributed by atoms with Gasteiger partial charge in [0.25, 0.3) is 0 Å². The van der Waals surface area contributed by atoms with Gasteiger partial charge in [0, 0.05) is 26.1 Å². The molecule has 0 heterocycles. The van der Waals surface area contributed by atoms with Crippen molar-refractivity contribution >= 4 is 27.5 Å². The van der Waals surface area contributed by atoms with Crippen LogP contribution in [0.2, 0.25) is 0 Å². The predicted molar refractivity (Wildman–Crippen MR) is 132 cm³/mol. The van der Waals surface area contributed by atoms with E-state index in [2.05, 4.69) is 5.32 Å². The molecule has 7 nitrogen and oxygen atoms in total. The number of carbonyl (C=O) groups is 2. The molecule has 1 unspecified atom stereocenters. The van der Waals surface area contributed by atoms with Crippen molar-refractivity contribution in [2.24, 2.45) is 0 Å². The van der Waals surface area contributed by atoms with Crippen LogP contribution in [0.1, 0.15) is 44.2 Å². The molecule has 1 atom stereocenters. The highest BCUT2D eigenvalue weighted by molar-refractivity contribution is 7.92. The molecule has 2 aromatic rings. The minimum atomic E-state index is -3.75. The average Bonchev–Trinajstić information content (AvgIpc) is 2.79. The van der Waals surface area contributed by atoms with Crippen molar-refractivity contribution in [3.8, 4) is 0 Å². The highest BCUT2D eigenvalue weighted by Crippen LogP contribution is 2.22. The minimum Gasteiger partial charge on any atom is -0.354 e. The molecule has 0 saturated carbocycles. The summed E-state index contributed by atoms with van der Waals surface area (Å²) in [5.41, 5.74) is 1.88. The summed E-state index contributed by atoms with van der Waals surface area (Å²) in [5.74, 6) is -1.17. The monoisotopic (exact) mass is 491 g/mol. The van der Waals surface area contributed by atoms with Gasteiger partial charge in [-0.25, -0.2) is 12.8 Å². The molecule has 34 heavy (non-hydrogen) atoms. The van der Waals surface area contributed by atoms with Crippen molar-refractivity contribution in [3.63, 3.8) is 0 Å². The van der Waals surface area contributed by atoms with E-state index >= 15 is 0 Å². The van der Waals surface area contributed by atoms with E-state index in [0.29, 0.717) is 6.54 Å². The standard InChI is InChI=1S/C25H34FN3O4S/c1-5-16-27-25(31)20(3)28(18-21-12-7-6-11-19(21)2)24(30)15-10-17-29(34(4,32)33)23-14-9-8-13-22(23)26/h6-9,11-14,20H,5,10,15-18H2,1-4H3,(H,27,31). The third-order valence-corrected chi connectivity index (χ3v) is 6.77. The Balaban J connectivity index is 2.17. The molecule has 0 aromatic heterocycles. The summed E-state index contributed by atoms with van der Waals surface area (Å²) in [4.78, 5) is 27.4. The van der Waals surface area contributed by atoms with E-state index in [1.165, 1.54) is 23.1 Å². The second-order valence-electron chi connectivity index (χ2n) is 8.31. The van der Waals surface area contributed by atoms with Gasteiger partial charge in [0.05, 0.1) is 11.9 Å². The molecule has 0 aliphatic carbocycles. The topological polar surface area (TPSA) is 86.8 Å². The number of sulfonamides is 1. The van der Waals surface area contributed by atoms with Gasteiger partial charge in [-0.05, 0) is 49.9 Å². The van der Waals surface area contributed by atoms with Gasteiger partial charge in [-0.2, -0.15) is 0 Å². The second kappa shape index (κ2) is 12.5. The van der Waals surface area contributed by atoms with Crippen molar-refractivity contribution in [2.75, 3.05) is 23.7 Å². The van der Waals surface area contributed by atoms with Crippen molar-refractivity contribution in [2.45, 2.75) is 52.6 Å². The molecule has 186 valence electrons. The lowest BCUT2D eigenvalue weighted by Crippen LogP contribution is -2.48. The summed E-state index contributed by atoms with van der Waals surface area (Å²) in [6.07, 6.45) is 1.97. The van der Waals surface area contributed by atoms with Crippen LogP contribution in [0.25, 0.3) is 0 Å². The summed E-state index contributed by atoms with van der Waals surface area (Å²) in [5, 5.41) is 2.83.